The van der Waals surface area contributed by atoms with Gasteiger partial charge in [0.15, 0.2) is 5.96 Å². The van der Waals surface area contributed by atoms with E-state index in [0.29, 0.717) is 25.3 Å². The summed E-state index contributed by atoms with van der Waals surface area (Å²) >= 11 is 1.67. The summed E-state index contributed by atoms with van der Waals surface area (Å²) in [5.41, 5.74) is 0. The van der Waals surface area contributed by atoms with E-state index in [-0.39, 0.29) is 42.9 Å². The Labute approximate surface area is 161 Å². The standard InChI is InChI=1S/C15H23F3N4S.HI/c1-10-9-21-13(23-10)7-8-20-14(19-2)22-12-5-3-11(4-6-12)15(16,17)18;/h9,11-12H,3-8H2,1-2H3,(H2,19,20,22);1H. The maximum absolute atomic E-state index is 12.7. The highest BCUT2D eigenvalue weighted by Gasteiger charge is 2.41. The predicted octanol–water partition coefficient (Wildman–Crippen LogP) is 3.90. The molecule has 0 bridgehead atoms. The minimum absolute atomic E-state index is 0. The van der Waals surface area contributed by atoms with E-state index in [1.165, 1.54) is 4.88 Å². The maximum Gasteiger partial charge on any atom is 0.391 e. The van der Waals surface area contributed by atoms with E-state index in [2.05, 4.69) is 20.6 Å². The number of nitrogens with one attached hydrogen (secondary N) is 2. The Kier molecular flexibility index (Phi) is 8.75. The van der Waals surface area contributed by atoms with Gasteiger partial charge >= 0.3 is 6.18 Å². The molecular weight excluding hydrogens is 452 g/mol. The molecule has 0 radical (unpaired) electrons. The molecule has 0 saturated heterocycles. The molecule has 138 valence electrons. The van der Waals surface area contributed by atoms with Gasteiger partial charge < -0.3 is 10.6 Å². The lowest BCUT2D eigenvalue weighted by molar-refractivity contribution is -0.182. The smallest absolute Gasteiger partial charge is 0.356 e. The van der Waals surface area contributed by atoms with Crippen LogP contribution in [-0.2, 0) is 6.42 Å². The van der Waals surface area contributed by atoms with Crippen molar-refractivity contribution in [2.75, 3.05) is 13.6 Å². The third kappa shape index (κ3) is 6.73. The van der Waals surface area contributed by atoms with Crippen LogP contribution < -0.4 is 10.6 Å². The van der Waals surface area contributed by atoms with Gasteiger partial charge in [-0.3, -0.25) is 4.99 Å². The lowest BCUT2D eigenvalue weighted by Crippen LogP contribution is -2.46. The van der Waals surface area contributed by atoms with Crippen molar-refractivity contribution in [3.8, 4) is 0 Å². The van der Waals surface area contributed by atoms with Gasteiger partial charge in [-0.25, -0.2) is 4.98 Å². The van der Waals surface area contributed by atoms with E-state index in [9.17, 15) is 13.2 Å². The molecule has 1 aromatic heterocycles. The Morgan fingerprint density at radius 2 is 2.00 bits per heavy atom. The molecule has 1 saturated carbocycles. The molecule has 0 spiro atoms. The number of halogens is 4. The highest BCUT2D eigenvalue weighted by molar-refractivity contribution is 14.0. The summed E-state index contributed by atoms with van der Waals surface area (Å²) in [6, 6.07) is 0.0573. The SMILES string of the molecule is CN=C(NCCc1ncc(C)s1)NC1CCC(C(F)(F)F)CC1.I. The average Bonchev–Trinajstić information content (AvgIpc) is 2.91. The van der Waals surface area contributed by atoms with Crippen LogP contribution in [0.5, 0.6) is 0 Å². The second kappa shape index (κ2) is 9.79. The van der Waals surface area contributed by atoms with Crippen LogP contribution >= 0.6 is 35.3 Å². The van der Waals surface area contributed by atoms with Gasteiger partial charge in [-0.15, -0.1) is 35.3 Å². The number of hydrogen-bond acceptors (Lipinski definition) is 3. The molecule has 1 aliphatic rings. The van der Waals surface area contributed by atoms with Crippen molar-refractivity contribution in [3.63, 3.8) is 0 Å². The molecule has 0 unspecified atom stereocenters. The van der Waals surface area contributed by atoms with E-state index < -0.39 is 12.1 Å². The molecule has 1 aromatic rings. The van der Waals surface area contributed by atoms with E-state index in [1.54, 1.807) is 18.4 Å². The topological polar surface area (TPSA) is 49.3 Å². The minimum Gasteiger partial charge on any atom is -0.356 e. The Hall–Kier alpha value is -0.580. The second-order valence-electron chi connectivity index (χ2n) is 5.85. The van der Waals surface area contributed by atoms with Crippen LogP contribution in [0, 0.1) is 12.8 Å². The van der Waals surface area contributed by atoms with Gasteiger partial charge in [0.2, 0.25) is 0 Å². The molecule has 24 heavy (non-hydrogen) atoms. The van der Waals surface area contributed by atoms with Crippen LogP contribution in [-0.4, -0.2) is 36.8 Å². The molecule has 1 heterocycles. The summed E-state index contributed by atoms with van der Waals surface area (Å²) in [4.78, 5) is 9.62. The molecule has 9 heteroatoms. The molecule has 1 aliphatic carbocycles. The Morgan fingerprint density at radius 1 is 1.33 bits per heavy atom. The monoisotopic (exact) mass is 476 g/mol. The highest BCUT2D eigenvalue weighted by atomic mass is 127. The largest absolute Gasteiger partial charge is 0.391 e. The van der Waals surface area contributed by atoms with Gasteiger partial charge in [0.05, 0.1) is 10.9 Å². The fraction of sp³-hybridized carbons (Fsp3) is 0.733. The first kappa shape index (κ1) is 21.5. The number of aryl methyl sites for hydroxylation is 1. The fourth-order valence-corrected chi connectivity index (χ4v) is 3.54. The summed E-state index contributed by atoms with van der Waals surface area (Å²) in [5, 5.41) is 7.49. The van der Waals surface area contributed by atoms with Crippen molar-refractivity contribution in [2.24, 2.45) is 10.9 Å². The van der Waals surface area contributed by atoms with Gasteiger partial charge in [-0.2, -0.15) is 13.2 Å². The summed E-state index contributed by atoms with van der Waals surface area (Å²) in [6.07, 6.45) is 0.0309. The van der Waals surface area contributed by atoms with Crippen LogP contribution in [0.4, 0.5) is 13.2 Å². The fourth-order valence-electron chi connectivity index (χ4n) is 2.76. The highest BCUT2D eigenvalue weighted by Crippen LogP contribution is 2.37. The zero-order chi connectivity index (χ0) is 16.9. The van der Waals surface area contributed by atoms with E-state index in [0.717, 1.165) is 11.4 Å². The van der Waals surface area contributed by atoms with Gasteiger partial charge in [0, 0.05) is 37.1 Å². The summed E-state index contributed by atoms with van der Waals surface area (Å²) in [6.45, 7) is 2.72. The van der Waals surface area contributed by atoms with Crippen molar-refractivity contribution in [1.29, 1.82) is 0 Å². The van der Waals surface area contributed by atoms with Crippen LogP contribution in [0.25, 0.3) is 0 Å². The lowest BCUT2D eigenvalue weighted by atomic mass is 9.85. The number of rotatable bonds is 4. The van der Waals surface area contributed by atoms with Crippen LogP contribution in [0.2, 0.25) is 0 Å². The lowest BCUT2D eigenvalue weighted by Gasteiger charge is -2.31. The first-order chi connectivity index (χ1) is 10.9. The van der Waals surface area contributed by atoms with Crippen molar-refractivity contribution >= 4 is 41.3 Å². The molecule has 0 amide bonds. The predicted molar refractivity (Wildman–Crippen MR) is 102 cm³/mol. The molecule has 0 atom stereocenters. The third-order valence-corrected chi connectivity index (χ3v) is 5.03. The normalized spacial score (nSPS) is 22.0. The van der Waals surface area contributed by atoms with E-state index in [1.807, 2.05) is 13.1 Å². The molecular formula is C15H24F3IN4S. The molecule has 4 nitrogen and oxygen atoms in total. The minimum atomic E-state index is -4.06. The van der Waals surface area contributed by atoms with E-state index >= 15 is 0 Å². The van der Waals surface area contributed by atoms with Gasteiger partial charge in [0.25, 0.3) is 0 Å². The molecule has 2 N–H and O–H groups in total. The number of nitrogens with zero attached hydrogens (tertiary/aromatic N) is 2. The Balaban J connectivity index is 0.00000288. The van der Waals surface area contributed by atoms with E-state index in [4.69, 9.17) is 0 Å². The van der Waals surface area contributed by atoms with Crippen molar-refractivity contribution in [1.82, 2.24) is 15.6 Å². The van der Waals surface area contributed by atoms with Crippen molar-refractivity contribution in [2.45, 2.75) is 51.2 Å². The van der Waals surface area contributed by atoms with Crippen molar-refractivity contribution in [3.05, 3.63) is 16.1 Å². The second-order valence-corrected chi connectivity index (χ2v) is 7.17. The molecule has 0 aromatic carbocycles. The van der Waals surface area contributed by atoms with Gasteiger partial charge in [0.1, 0.15) is 0 Å². The zero-order valence-electron chi connectivity index (χ0n) is 13.8. The van der Waals surface area contributed by atoms with Gasteiger partial charge in [-0.05, 0) is 32.6 Å². The Bertz CT molecular complexity index is 525. The van der Waals surface area contributed by atoms with Crippen LogP contribution in [0.15, 0.2) is 11.2 Å². The first-order valence-electron chi connectivity index (χ1n) is 7.83. The third-order valence-electron chi connectivity index (χ3n) is 4.05. The summed E-state index contributed by atoms with van der Waals surface area (Å²) in [5.74, 6) is -0.502. The number of alkyl halides is 3. The average molecular weight is 476 g/mol. The number of aromatic nitrogens is 1. The van der Waals surface area contributed by atoms with Gasteiger partial charge in [-0.1, -0.05) is 0 Å². The molecule has 1 fully saturated rings. The number of guanidine groups is 1. The summed E-state index contributed by atoms with van der Waals surface area (Å²) < 4.78 is 38.0. The number of thiazole rings is 1. The maximum atomic E-state index is 12.7. The first-order valence-corrected chi connectivity index (χ1v) is 8.65. The van der Waals surface area contributed by atoms with Crippen LogP contribution in [0.1, 0.15) is 35.6 Å². The molecule has 0 aliphatic heterocycles. The van der Waals surface area contributed by atoms with Crippen LogP contribution in [0.3, 0.4) is 0 Å². The zero-order valence-corrected chi connectivity index (χ0v) is 17.0. The number of hydrogen-bond donors (Lipinski definition) is 2. The van der Waals surface area contributed by atoms with Crippen molar-refractivity contribution < 1.29 is 13.2 Å². The molecule has 2 rings (SSSR count). The Morgan fingerprint density at radius 3 is 2.50 bits per heavy atom. The number of aliphatic imine (C=N–C) groups is 1. The summed E-state index contributed by atoms with van der Waals surface area (Å²) in [7, 11) is 1.67. The quantitative estimate of drug-likeness (QED) is 0.394.